The van der Waals surface area contributed by atoms with Crippen LogP contribution in [0, 0.1) is 11.8 Å². The first-order chi connectivity index (χ1) is 12.4. The second kappa shape index (κ2) is 7.61. The fraction of sp³-hybridized carbons (Fsp3) is 0.688. The van der Waals surface area contributed by atoms with E-state index in [1.165, 1.54) is 13.2 Å². The van der Waals surface area contributed by atoms with E-state index in [2.05, 4.69) is 0 Å². The Hall–Kier alpha value is -1.53. The van der Waals surface area contributed by atoms with Crippen molar-refractivity contribution in [3.63, 3.8) is 0 Å². The SMILES string of the molecule is COC(=O)C1=CO[C@@H](O[C@H]2O[C@H](CO)[C@@H](O)[C@H](O)[C@H]2O)[C@@H]2[C@H](O)C=C[C@@H]12. The fourth-order valence-electron chi connectivity index (χ4n) is 3.39. The molecule has 146 valence electrons. The lowest BCUT2D eigenvalue weighted by molar-refractivity contribution is -0.343. The minimum Gasteiger partial charge on any atom is -0.471 e. The van der Waals surface area contributed by atoms with Crippen LogP contribution in [0.3, 0.4) is 0 Å². The summed E-state index contributed by atoms with van der Waals surface area (Å²) in [6.07, 6.45) is -5.09. The number of rotatable bonds is 4. The highest BCUT2D eigenvalue weighted by molar-refractivity contribution is 5.89. The number of allylic oxidation sites excluding steroid dienone is 1. The van der Waals surface area contributed by atoms with Crippen molar-refractivity contribution in [2.24, 2.45) is 11.8 Å². The van der Waals surface area contributed by atoms with Gasteiger partial charge in [-0.3, -0.25) is 0 Å². The Labute approximate surface area is 148 Å². The van der Waals surface area contributed by atoms with Gasteiger partial charge >= 0.3 is 5.97 Å². The number of methoxy groups -OCH3 is 1. The lowest BCUT2D eigenvalue weighted by atomic mass is 9.85. The van der Waals surface area contributed by atoms with Crippen LogP contribution in [0.5, 0.6) is 0 Å². The predicted octanol–water partition coefficient (Wildman–Crippen LogP) is -2.62. The maximum Gasteiger partial charge on any atom is 0.337 e. The molecule has 10 heteroatoms. The molecule has 2 aliphatic heterocycles. The van der Waals surface area contributed by atoms with Gasteiger partial charge in [-0.25, -0.2) is 4.79 Å². The molecule has 1 saturated heterocycles. The topological polar surface area (TPSA) is 155 Å². The molecule has 0 saturated carbocycles. The van der Waals surface area contributed by atoms with Crippen molar-refractivity contribution >= 4 is 5.97 Å². The lowest BCUT2D eigenvalue weighted by Crippen LogP contribution is -2.60. The minimum atomic E-state index is -1.60. The molecule has 3 aliphatic rings. The van der Waals surface area contributed by atoms with Crippen molar-refractivity contribution in [2.45, 2.75) is 43.1 Å². The van der Waals surface area contributed by atoms with Crippen LogP contribution in [0.2, 0.25) is 0 Å². The van der Waals surface area contributed by atoms with Gasteiger partial charge in [0.05, 0.1) is 37.6 Å². The van der Waals surface area contributed by atoms with Crippen molar-refractivity contribution in [3.8, 4) is 0 Å². The number of aliphatic hydroxyl groups excluding tert-OH is 5. The van der Waals surface area contributed by atoms with Gasteiger partial charge in [-0.05, 0) is 0 Å². The highest BCUT2D eigenvalue weighted by Crippen LogP contribution is 2.40. The Balaban J connectivity index is 1.77. The number of aliphatic hydroxyl groups is 5. The van der Waals surface area contributed by atoms with Crippen LogP contribution in [0.25, 0.3) is 0 Å². The van der Waals surface area contributed by atoms with Crippen LogP contribution < -0.4 is 0 Å². The van der Waals surface area contributed by atoms with Gasteiger partial charge in [0.25, 0.3) is 0 Å². The highest BCUT2D eigenvalue weighted by Gasteiger charge is 2.50. The van der Waals surface area contributed by atoms with Gasteiger partial charge in [0.15, 0.2) is 6.29 Å². The van der Waals surface area contributed by atoms with Gasteiger partial charge in [-0.1, -0.05) is 12.2 Å². The van der Waals surface area contributed by atoms with Crippen LogP contribution in [0.15, 0.2) is 24.0 Å². The maximum absolute atomic E-state index is 11.8. The van der Waals surface area contributed by atoms with Gasteiger partial charge in [-0.2, -0.15) is 0 Å². The van der Waals surface area contributed by atoms with Gasteiger partial charge in [0, 0.05) is 5.92 Å². The Kier molecular flexibility index (Phi) is 5.63. The van der Waals surface area contributed by atoms with Crippen molar-refractivity contribution in [1.29, 1.82) is 0 Å². The second-order valence-electron chi connectivity index (χ2n) is 6.38. The Morgan fingerprint density at radius 2 is 1.85 bits per heavy atom. The summed E-state index contributed by atoms with van der Waals surface area (Å²) in [4.78, 5) is 11.8. The lowest BCUT2D eigenvalue weighted by Gasteiger charge is -2.42. The second-order valence-corrected chi connectivity index (χ2v) is 6.38. The van der Waals surface area contributed by atoms with Crippen LogP contribution >= 0.6 is 0 Å². The largest absolute Gasteiger partial charge is 0.471 e. The summed E-state index contributed by atoms with van der Waals surface area (Å²) in [6, 6.07) is 0. The first-order valence-corrected chi connectivity index (χ1v) is 8.15. The van der Waals surface area contributed by atoms with Crippen LogP contribution in [0.1, 0.15) is 0 Å². The van der Waals surface area contributed by atoms with Crippen molar-refractivity contribution in [3.05, 3.63) is 24.0 Å². The number of esters is 1. The predicted molar refractivity (Wildman–Crippen MR) is 82.0 cm³/mol. The molecule has 5 N–H and O–H groups in total. The molecule has 10 nitrogen and oxygen atoms in total. The molecule has 0 aromatic carbocycles. The first-order valence-electron chi connectivity index (χ1n) is 8.15. The first kappa shape index (κ1) is 19.2. The molecule has 2 heterocycles. The molecule has 0 aromatic rings. The van der Waals surface area contributed by atoms with E-state index in [1.54, 1.807) is 6.08 Å². The van der Waals surface area contributed by atoms with E-state index >= 15 is 0 Å². The summed E-state index contributed by atoms with van der Waals surface area (Å²) in [5.74, 6) is -1.84. The summed E-state index contributed by atoms with van der Waals surface area (Å²) in [5, 5.41) is 49.1. The molecular formula is C16H22O10. The molecule has 3 rings (SSSR count). The van der Waals surface area contributed by atoms with E-state index in [4.69, 9.17) is 18.9 Å². The van der Waals surface area contributed by atoms with E-state index in [0.717, 1.165) is 6.26 Å². The zero-order chi connectivity index (χ0) is 19.0. The van der Waals surface area contributed by atoms with Crippen molar-refractivity contribution < 1.29 is 49.3 Å². The Morgan fingerprint density at radius 3 is 2.50 bits per heavy atom. The zero-order valence-electron chi connectivity index (χ0n) is 13.9. The van der Waals surface area contributed by atoms with E-state index in [9.17, 15) is 30.3 Å². The van der Waals surface area contributed by atoms with Gasteiger partial charge in [0.1, 0.15) is 24.4 Å². The van der Waals surface area contributed by atoms with E-state index in [-0.39, 0.29) is 5.57 Å². The average molecular weight is 374 g/mol. The highest BCUT2D eigenvalue weighted by atomic mass is 16.8. The molecular weight excluding hydrogens is 352 g/mol. The third-order valence-electron chi connectivity index (χ3n) is 4.86. The zero-order valence-corrected chi connectivity index (χ0v) is 13.9. The van der Waals surface area contributed by atoms with Crippen LogP contribution in [-0.2, 0) is 23.7 Å². The molecule has 0 aromatic heterocycles. The van der Waals surface area contributed by atoms with Gasteiger partial charge in [-0.15, -0.1) is 0 Å². The summed E-state index contributed by atoms with van der Waals surface area (Å²) in [6.45, 7) is -0.598. The van der Waals surface area contributed by atoms with E-state index < -0.39 is 67.5 Å². The number of carbonyl (C=O) groups is 1. The molecule has 1 fully saturated rings. The number of fused-ring (bicyclic) bond motifs is 1. The Morgan fingerprint density at radius 1 is 1.12 bits per heavy atom. The van der Waals surface area contributed by atoms with Gasteiger partial charge in [0.2, 0.25) is 6.29 Å². The molecule has 9 atom stereocenters. The van der Waals surface area contributed by atoms with Gasteiger partial charge < -0.3 is 44.5 Å². The number of hydrogen-bond donors (Lipinski definition) is 5. The molecule has 0 unspecified atom stereocenters. The van der Waals surface area contributed by atoms with Crippen molar-refractivity contribution in [2.75, 3.05) is 13.7 Å². The molecule has 0 amide bonds. The smallest absolute Gasteiger partial charge is 0.337 e. The number of carbonyl (C=O) groups excluding carboxylic acids is 1. The number of ether oxygens (including phenoxy) is 4. The van der Waals surface area contributed by atoms with Crippen LogP contribution in [0.4, 0.5) is 0 Å². The van der Waals surface area contributed by atoms with Crippen LogP contribution in [-0.4, -0.2) is 88.3 Å². The molecule has 0 bridgehead atoms. The molecule has 0 spiro atoms. The van der Waals surface area contributed by atoms with E-state index in [0.29, 0.717) is 0 Å². The summed E-state index contributed by atoms with van der Waals surface area (Å²) in [5.41, 5.74) is 0.207. The monoisotopic (exact) mass is 374 g/mol. The quantitative estimate of drug-likeness (QED) is 0.261. The normalized spacial score (nSPS) is 44.8. The minimum absolute atomic E-state index is 0.207. The number of hydrogen-bond acceptors (Lipinski definition) is 10. The third-order valence-corrected chi connectivity index (χ3v) is 4.86. The summed E-state index contributed by atoms with van der Waals surface area (Å²) in [7, 11) is 1.23. The molecule has 26 heavy (non-hydrogen) atoms. The van der Waals surface area contributed by atoms with Crippen molar-refractivity contribution in [1.82, 2.24) is 0 Å². The van der Waals surface area contributed by atoms with E-state index in [1.807, 2.05) is 0 Å². The standard InChI is InChI=1S/C16H22O10/c1-23-14(22)7-5-24-15(10-6(7)2-3-8(10)18)26-16-13(21)12(20)11(19)9(4-17)25-16/h2-3,5-6,8-13,15-21H,4H2,1H3/t6-,8+,9+,10-,11+,12-,13+,15-,16+/m0/s1. The molecule has 1 aliphatic carbocycles. The average Bonchev–Trinajstić information content (AvgIpc) is 3.04. The fourth-order valence-corrected chi connectivity index (χ4v) is 3.39. The summed E-state index contributed by atoms with van der Waals surface area (Å²) < 4.78 is 20.9. The summed E-state index contributed by atoms with van der Waals surface area (Å²) >= 11 is 0. The Bertz CT molecular complexity index is 588. The maximum atomic E-state index is 11.8. The molecule has 0 radical (unpaired) electrons. The third kappa shape index (κ3) is 3.25.